The lowest BCUT2D eigenvalue weighted by molar-refractivity contribution is 0.0898. The van der Waals surface area contributed by atoms with Crippen molar-refractivity contribution in [2.45, 2.75) is 20.8 Å². The summed E-state index contributed by atoms with van der Waals surface area (Å²) in [5, 5.41) is 0. The second-order valence-corrected chi connectivity index (χ2v) is 4.26. The molecule has 0 aliphatic carbocycles. The van der Waals surface area contributed by atoms with Crippen LogP contribution in [0.3, 0.4) is 0 Å². The Balaban J connectivity index is 2.66. The van der Waals surface area contributed by atoms with Gasteiger partial charge in [-0.2, -0.15) is 0 Å². The Hall–Kier alpha value is -1.22. The second-order valence-electron chi connectivity index (χ2n) is 4.26. The van der Waals surface area contributed by atoms with Crippen LogP contribution in [0.25, 0.3) is 0 Å². The van der Waals surface area contributed by atoms with Crippen molar-refractivity contribution in [3.63, 3.8) is 0 Å². The Labute approximate surface area is 102 Å². The van der Waals surface area contributed by atoms with Crippen LogP contribution in [-0.4, -0.2) is 30.3 Å². The van der Waals surface area contributed by atoms with Gasteiger partial charge in [0.2, 0.25) is 0 Å². The second kappa shape index (κ2) is 6.50. The third kappa shape index (κ3) is 3.93. The molecule has 1 unspecified atom stereocenters. The molecular weight excluding hydrogens is 217 g/mol. The molecule has 1 aromatic carbocycles. The van der Waals surface area contributed by atoms with Gasteiger partial charge in [-0.1, -0.05) is 20.8 Å². The zero-order valence-corrected chi connectivity index (χ0v) is 10.7. The van der Waals surface area contributed by atoms with E-state index in [1.807, 2.05) is 6.92 Å². The molecule has 0 amide bonds. The van der Waals surface area contributed by atoms with Gasteiger partial charge in [-0.05, 0) is 37.4 Å². The van der Waals surface area contributed by atoms with Gasteiger partial charge in [-0.25, -0.2) is 4.39 Å². The highest BCUT2D eigenvalue weighted by Gasteiger charge is 2.17. The largest absolute Gasteiger partial charge is 0.303 e. The third-order valence-corrected chi connectivity index (χ3v) is 3.00. The van der Waals surface area contributed by atoms with Crippen LogP contribution in [0, 0.1) is 11.7 Å². The molecule has 0 aliphatic rings. The first-order valence-corrected chi connectivity index (χ1v) is 6.10. The average Bonchev–Trinajstić information content (AvgIpc) is 2.35. The maximum Gasteiger partial charge on any atom is 0.166 e. The average molecular weight is 237 g/mol. The van der Waals surface area contributed by atoms with Gasteiger partial charge in [-0.3, -0.25) is 4.79 Å². The minimum Gasteiger partial charge on any atom is -0.303 e. The lowest BCUT2D eigenvalue weighted by Crippen LogP contribution is -2.31. The highest BCUT2D eigenvalue weighted by Crippen LogP contribution is 2.11. The predicted octanol–water partition coefficient (Wildman–Crippen LogP) is 2.99. The summed E-state index contributed by atoms with van der Waals surface area (Å²) in [4.78, 5) is 14.3. The van der Waals surface area contributed by atoms with Crippen LogP contribution in [0.1, 0.15) is 31.1 Å². The van der Waals surface area contributed by atoms with Crippen molar-refractivity contribution >= 4 is 5.78 Å². The van der Waals surface area contributed by atoms with Gasteiger partial charge in [0, 0.05) is 18.0 Å². The first kappa shape index (κ1) is 13.8. The van der Waals surface area contributed by atoms with E-state index >= 15 is 0 Å². The number of hydrogen-bond donors (Lipinski definition) is 0. The normalized spacial score (nSPS) is 12.8. The summed E-state index contributed by atoms with van der Waals surface area (Å²) in [7, 11) is 0. The summed E-state index contributed by atoms with van der Waals surface area (Å²) >= 11 is 0. The molecule has 0 aromatic heterocycles. The highest BCUT2D eigenvalue weighted by molar-refractivity contribution is 5.97. The molecule has 94 valence electrons. The SMILES string of the molecule is CCN(CC)CC(C)C(=O)c1ccc(F)cc1. The van der Waals surface area contributed by atoms with Gasteiger partial charge in [0.25, 0.3) is 0 Å². The van der Waals surface area contributed by atoms with Crippen molar-refractivity contribution in [2.75, 3.05) is 19.6 Å². The molecule has 0 N–H and O–H groups in total. The summed E-state index contributed by atoms with van der Waals surface area (Å²) in [6, 6.07) is 5.77. The third-order valence-electron chi connectivity index (χ3n) is 3.00. The summed E-state index contributed by atoms with van der Waals surface area (Å²) in [6.45, 7) is 8.72. The number of ketones is 1. The Bertz CT molecular complexity index is 357. The number of benzene rings is 1. The number of Topliss-reactive ketones (excluding diaryl/α,β-unsaturated/α-hetero) is 1. The van der Waals surface area contributed by atoms with Gasteiger partial charge in [0.05, 0.1) is 0 Å². The highest BCUT2D eigenvalue weighted by atomic mass is 19.1. The summed E-state index contributed by atoms with van der Waals surface area (Å²) in [5.74, 6) is -0.282. The van der Waals surface area contributed by atoms with Crippen LogP contribution in [-0.2, 0) is 0 Å². The van der Waals surface area contributed by atoms with E-state index in [9.17, 15) is 9.18 Å². The Morgan fingerprint density at radius 1 is 1.24 bits per heavy atom. The Kier molecular flexibility index (Phi) is 5.29. The van der Waals surface area contributed by atoms with Crippen molar-refractivity contribution < 1.29 is 9.18 Å². The molecule has 0 fully saturated rings. The first-order chi connectivity index (χ1) is 8.08. The van der Waals surface area contributed by atoms with E-state index < -0.39 is 0 Å². The van der Waals surface area contributed by atoms with Crippen LogP contribution in [0.5, 0.6) is 0 Å². The first-order valence-electron chi connectivity index (χ1n) is 6.10. The van der Waals surface area contributed by atoms with Crippen LogP contribution in [0.15, 0.2) is 24.3 Å². The molecule has 0 radical (unpaired) electrons. The monoisotopic (exact) mass is 237 g/mol. The minimum absolute atomic E-state index is 0.0552. The molecule has 0 bridgehead atoms. The number of hydrogen-bond acceptors (Lipinski definition) is 2. The number of halogens is 1. The number of rotatable bonds is 6. The molecule has 2 nitrogen and oxygen atoms in total. The zero-order valence-electron chi connectivity index (χ0n) is 10.7. The van der Waals surface area contributed by atoms with Gasteiger partial charge < -0.3 is 4.90 Å². The summed E-state index contributed by atoms with van der Waals surface area (Å²) in [6.07, 6.45) is 0. The van der Waals surface area contributed by atoms with E-state index in [2.05, 4.69) is 18.7 Å². The van der Waals surface area contributed by atoms with E-state index in [1.165, 1.54) is 12.1 Å². The fourth-order valence-electron chi connectivity index (χ4n) is 1.85. The molecule has 0 heterocycles. The fraction of sp³-hybridized carbons (Fsp3) is 0.500. The fourth-order valence-corrected chi connectivity index (χ4v) is 1.85. The number of nitrogens with zero attached hydrogens (tertiary/aromatic N) is 1. The summed E-state index contributed by atoms with van der Waals surface area (Å²) < 4.78 is 12.8. The van der Waals surface area contributed by atoms with E-state index in [1.54, 1.807) is 12.1 Å². The van der Waals surface area contributed by atoms with Gasteiger partial charge in [0.15, 0.2) is 5.78 Å². The standard InChI is InChI=1S/C14H20FNO/c1-4-16(5-2)10-11(3)14(17)12-6-8-13(15)9-7-12/h6-9,11H,4-5,10H2,1-3H3. The predicted molar refractivity (Wildman–Crippen MR) is 67.7 cm³/mol. The van der Waals surface area contributed by atoms with Crippen LogP contribution < -0.4 is 0 Å². The van der Waals surface area contributed by atoms with E-state index in [0.717, 1.165) is 19.6 Å². The lowest BCUT2D eigenvalue weighted by Gasteiger charge is -2.21. The molecule has 0 spiro atoms. The van der Waals surface area contributed by atoms with Gasteiger partial charge in [0.1, 0.15) is 5.82 Å². The molecular formula is C14H20FNO. The topological polar surface area (TPSA) is 20.3 Å². The quantitative estimate of drug-likeness (QED) is 0.709. The molecule has 1 rings (SSSR count). The smallest absolute Gasteiger partial charge is 0.166 e. The van der Waals surface area contributed by atoms with E-state index in [-0.39, 0.29) is 17.5 Å². The van der Waals surface area contributed by atoms with Gasteiger partial charge >= 0.3 is 0 Å². The Morgan fingerprint density at radius 3 is 2.24 bits per heavy atom. The maximum absolute atomic E-state index is 12.8. The van der Waals surface area contributed by atoms with Crippen molar-refractivity contribution in [3.8, 4) is 0 Å². The molecule has 1 atom stereocenters. The van der Waals surface area contributed by atoms with E-state index in [4.69, 9.17) is 0 Å². The molecule has 1 aromatic rings. The van der Waals surface area contributed by atoms with Crippen LogP contribution in [0.4, 0.5) is 4.39 Å². The zero-order chi connectivity index (χ0) is 12.8. The van der Waals surface area contributed by atoms with Crippen molar-refractivity contribution in [2.24, 2.45) is 5.92 Å². The molecule has 0 aliphatic heterocycles. The number of carbonyl (C=O) groups excluding carboxylic acids is 1. The van der Waals surface area contributed by atoms with E-state index in [0.29, 0.717) is 5.56 Å². The molecule has 0 saturated heterocycles. The van der Waals surface area contributed by atoms with Crippen LogP contribution >= 0.6 is 0 Å². The van der Waals surface area contributed by atoms with Crippen molar-refractivity contribution in [1.82, 2.24) is 4.90 Å². The van der Waals surface area contributed by atoms with Crippen LogP contribution in [0.2, 0.25) is 0 Å². The van der Waals surface area contributed by atoms with Crippen molar-refractivity contribution in [3.05, 3.63) is 35.6 Å². The number of carbonyl (C=O) groups is 1. The Morgan fingerprint density at radius 2 is 1.76 bits per heavy atom. The van der Waals surface area contributed by atoms with Crippen molar-refractivity contribution in [1.29, 1.82) is 0 Å². The maximum atomic E-state index is 12.8. The van der Waals surface area contributed by atoms with Gasteiger partial charge in [-0.15, -0.1) is 0 Å². The minimum atomic E-state index is -0.307. The molecule has 3 heteroatoms. The lowest BCUT2D eigenvalue weighted by atomic mass is 9.99. The molecule has 0 saturated carbocycles. The summed E-state index contributed by atoms with van der Waals surface area (Å²) in [5.41, 5.74) is 0.589. The molecule has 17 heavy (non-hydrogen) atoms.